The molecule has 6 heteroatoms. The van der Waals surface area contributed by atoms with E-state index in [-0.39, 0.29) is 11.6 Å². The van der Waals surface area contributed by atoms with Crippen molar-refractivity contribution in [1.29, 1.82) is 0 Å². The lowest BCUT2D eigenvalue weighted by Gasteiger charge is -2.47. The van der Waals surface area contributed by atoms with Crippen molar-refractivity contribution < 1.29 is 17.2 Å². The third-order valence-electron chi connectivity index (χ3n) is 3.42. The molecule has 0 aliphatic heterocycles. The van der Waals surface area contributed by atoms with Crippen LogP contribution in [0.3, 0.4) is 0 Å². The fourth-order valence-corrected chi connectivity index (χ4v) is 2.77. The molecule has 1 aliphatic carbocycles. The van der Waals surface area contributed by atoms with Crippen molar-refractivity contribution in [2.75, 3.05) is 0 Å². The van der Waals surface area contributed by atoms with Gasteiger partial charge in [0.25, 0.3) is 0 Å². The second-order valence-electron chi connectivity index (χ2n) is 4.81. The summed E-state index contributed by atoms with van der Waals surface area (Å²) in [6.07, 6.45) is 3.49. The average molecular weight is 239 g/mol. The number of hydrogen-bond acceptors (Lipinski definition) is 4. The molecular weight excluding hydrogens is 218 g/mol. The minimum atomic E-state index is -4.60. The monoisotopic (exact) mass is 239 g/mol. The van der Waals surface area contributed by atoms with E-state index < -0.39 is 16.0 Å². The second-order valence-corrected chi connectivity index (χ2v) is 5.80. The molecule has 0 radical (unpaired) electrons. The Morgan fingerprint density at radius 2 is 1.60 bits per heavy atom. The number of quaternary nitrogens is 1. The highest BCUT2D eigenvalue weighted by molar-refractivity contribution is 7.80. The third-order valence-corrected chi connectivity index (χ3v) is 4.00. The number of rotatable bonds is 2. The molecular formula is C9H21NO4S. The average Bonchev–Trinajstić information content (AvgIpc) is 1.92. The molecule has 0 aromatic carbocycles. The standard InChI is InChI=1S/C9H18O4S.H3N/c1-8(2)6-4-5-7-9(8,3)13-14(10,11)12;/h4-7H2,1-3H3,(H,10,11,12);1H3. The Morgan fingerprint density at radius 3 is 2.00 bits per heavy atom. The molecule has 1 fully saturated rings. The van der Waals surface area contributed by atoms with Crippen LogP contribution in [0.25, 0.3) is 0 Å². The molecule has 92 valence electrons. The summed E-state index contributed by atoms with van der Waals surface area (Å²) in [6, 6.07) is 0. The Labute approximate surface area is 91.7 Å². The van der Waals surface area contributed by atoms with Crippen LogP contribution >= 0.6 is 0 Å². The Hall–Kier alpha value is -0.170. The normalized spacial score (nSPS) is 30.7. The van der Waals surface area contributed by atoms with Gasteiger partial charge in [-0.1, -0.05) is 26.7 Å². The second kappa shape index (κ2) is 4.37. The van der Waals surface area contributed by atoms with Gasteiger partial charge < -0.3 is 10.7 Å². The van der Waals surface area contributed by atoms with E-state index in [0.717, 1.165) is 19.3 Å². The largest absolute Gasteiger partial charge is 0.726 e. The summed E-state index contributed by atoms with van der Waals surface area (Å²) >= 11 is 0. The fraction of sp³-hybridized carbons (Fsp3) is 1.00. The molecule has 5 nitrogen and oxygen atoms in total. The van der Waals surface area contributed by atoms with Crippen molar-refractivity contribution in [3.63, 3.8) is 0 Å². The van der Waals surface area contributed by atoms with Gasteiger partial charge in [-0.15, -0.1) is 0 Å². The summed E-state index contributed by atoms with van der Waals surface area (Å²) < 4.78 is 36.5. The van der Waals surface area contributed by atoms with Crippen LogP contribution in [0.1, 0.15) is 46.5 Å². The Bertz CT molecular complexity index is 312. The summed E-state index contributed by atoms with van der Waals surface area (Å²) in [5.41, 5.74) is -1.10. The van der Waals surface area contributed by atoms with E-state index in [1.165, 1.54) is 0 Å². The van der Waals surface area contributed by atoms with Crippen LogP contribution in [0.2, 0.25) is 0 Å². The highest BCUT2D eigenvalue weighted by Gasteiger charge is 2.45. The lowest BCUT2D eigenvalue weighted by molar-refractivity contribution is -0.0618. The summed E-state index contributed by atoms with van der Waals surface area (Å²) in [5.74, 6) is 0. The molecule has 15 heavy (non-hydrogen) atoms. The van der Waals surface area contributed by atoms with Crippen LogP contribution in [0.4, 0.5) is 0 Å². The van der Waals surface area contributed by atoms with Crippen molar-refractivity contribution in [2.45, 2.75) is 52.1 Å². The molecule has 4 N–H and O–H groups in total. The van der Waals surface area contributed by atoms with Crippen LogP contribution in [0.5, 0.6) is 0 Å². The highest BCUT2D eigenvalue weighted by atomic mass is 32.3. The molecule has 0 amide bonds. The van der Waals surface area contributed by atoms with E-state index in [2.05, 4.69) is 0 Å². The van der Waals surface area contributed by atoms with Gasteiger partial charge in [-0.3, -0.25) is 4.18 Å². The van der Waals surface area contributed by atoms with Crippen molar-refractivity contribution in [2.24, 2.45) is 5.41 Å². The molecule has 1 saturated carbocycles. The molecule has 1 unspecified atom stereocenters. The third kappa shape index (κ3) is 3.41. The van der Waals surface area contributed by atoms with Gasteiger partial charge in [-0.05, 0) is 25.2 Å². The van der Waals surface area contributed by atoms with Crippen LogP contribution in [0.15, 0.2) is 0 Å². The molecule has 0 heterocycles. The topological polar surface area (TPSA) is 103 Å². The zero-order valence-electron chi connectivity index (χ0n) is 9.87. The smallest absolute Gasteiger partial charge is 0.218 e. The quantitative estimate of drug-likeness (QED) is 0.589. The Kier molecular flexibility index (Phi) is 4.32. The van der Waals surface area contributed by atoms with E-state index in [1.54, 1.807) is 6.92 Å². The van der Waals surface area contributed by atoms with Crippen LogP contribution in [-0.2, 0) is 14.6 Å². The predicted molar refractivity (Wildman–Crippen MR) is 57.4 cm³/mol. The zero-order valence-corrected chi connectivity index (χ0v) is 10.7. The van der Waals surface area contributed by atoms with E-state index in [4.69, 9.17) is 4.18 Å². The van der Waals surface area contributed by atoms with Crippen molar-refractivity contribution in [3.05, 3.63) is 0 Å². The molecule has 1 rings (SSSR count). The van der Waals surface area contributed by atoms with E-state index >= 15 is 0 Å². The van der Waals surface area contributed by atoms with Gasteiger partial charge in [0, 0.05) is 0 Å². The van der Waals surface area contributed by atoms with Crippen LogP contribution < -0.4 is 6.15 Å². The van der Waals surface area contributed by atoms with Gasteiger partial charge in [0.2, 0.25) is 10.4 Å². The first-order valence-electron chi connectivity index (χ1n) is 4.83. The summed E-state index contributed by atoms with van der Waals surface area (Å²) in [6.45, 7) is 5.59. The van der Waals surface area contributed by atoms with Gasteiger partial charge in [0.1, 0.15) is 0 Å². The fourth-order valence-electron chi connectivity index (χ4n) is 2.01. The first kappa shape index (κ1) is 14.8. The predicted octanol–water partition coefficient (Wildman–Crippen LogP) is 2.20. The lowest BCUT2D eigenvalue weighted by Crippen LogP contribution is -2.48. The van der Waals surface area contributed by atoms with Gasteiger partial charge in [0.05, 0.1) is 5.60 Å². The molecule has 0 saturated heterocycles. The van der Waals surface area contributed by atoms with Gasteiger partial charge in [-0.25, -0.2) is 8.42 Å². The van der Waals surface area contributed by atoms with Crippen molar-refractivity contribution in [3.8, 4) is 0 Å². The summed E-state index contributed by atoms with van der Waals surface area (Å²) in [5, 5.41) is 0. The van der Waals surface area contributed by atoms with E-state index in [9.17, 15) is 13.0 Å². The molecule has 0 aromatic rings. The van der Waals surface area contributed by atoms with Crippen molar-refractivity contribution in [1.82, 2.24) is 6.15 Å². The maximum Gasteiger partial charge on any atom is 0.218 e. The Balaban J connectivity index is 0.00000196. The van der Waals surface area contributed by atoms with Gasteiger partial charge in [0.15, 0.2) is 0 Å². The minimum absolute atomic E-state index is 0. The molecule has 1 aliphatic rings. The summed E-state index contributed by atoms with van der Waals surface area (Å²) in [7, 11) is -4.60. The minimum Gasteiger partial charge on any atom is -0.726 e. The van der Waals surface area contributed by atoms with Crippen molar-refractivity contribution >= 4 is 10.4 Å². The van der Waals surface area contributed by atoms with Crippen LogP contribution in [-0.4, -0.2) is 18.6 Å². The molecule has 0 spiro atoms. The zero-order chi connectivity index (χ0) is 11.0. The first-order valence-corrected chi connectivity index (χ1v) is 6.16. The van der Waals surface area contributed by atoms with Gasteiger partial charge in [-0.2, -0.15) is 0 Å². The SMILES string of the molecule is CC1(C)CCCCC1(C)OS(=O)(=O)[O-].[NH4+]. The van der Waals surface area contributed by atoms with E-state index in [1.807, 2.05) is 13.8 Å². The maximum absolute atomic E-state index is 10.6. The van der Waals surface area contributed by atoms with Crippen LogP contribution in [0, 0.1) is 5.41 Å². The van der Waals surface area contributed by atoms with Gasteiger partial charge >= 0.3 is 0 Å². The maximum atomic E-state index is 10.6. The Morgan fingerprint density at radius 1 is 1.13 bits per heavy atom. The summed E-state index contributed by atoms with van der Waals surface area (Å²) in [4.78, 5) is 0. The lowest BCUT2D eigenvalue weighted by atomic mass is 9.66. The first-order chi connectivity index (χ1) is 6.16. The molecule has 0 bridgehead atoms. The highest BCUT2D eigenvalue weighted by Crippen LogP contribution is 2.46. The number of hydrogen-bond donors (Lipinski definition) is 1. The molecule has 1 atom stereocenters. The molecule has 0 aromatic heterocycles. The van der Waals surface area contributed by atoms with E-state index in [0.29, 0.717) is 6.42 Å².